The number of benzene rings is 1. The molecule has 3 heterocycles. The molecule has 1 aromatic heterocycles. The third kappa shape index (κ3) is 3.28. The molecule has 2 aliphatic heterocycles. The zero-order valence-electron chi connectivity index (χ0n) is 15.8. The minimum Gasteiger partial charge on any atom is -0.334 e. The monoisotopic (exact) mass is 377 g/mol. The van der Waals surface area contributed by atoms with Crippen LogP contribution in [0.5, 0.6) is 0 Å². The Balaban J connectivity index is 1.74. The molecule has 0 bridgehead atoms. The predicted molar refractivity (Wildman–Crippen MR) is 109 cm³/mol. The number of nitriles is 1. The fourth-order valence-electron chi connectivity index (χ4n) is 3.67. The van der Waals surface area contributed by atoms with E-state index in [1.54, 1.807) is 11.8 Å². The van der Waals surface area contributed by atoms with Crippen molar-refractivity contribution in [1.82, 2.24) is 19.7 Å². The fraction of sp³-hybridized carbons (Fsp3) is 0.381. The third-order valence-corrected chi connectivity index (χ3v) is 6.13. The maximum atomic E-state index is 9.98. The lowest BCUT2D eigenvalue weighted by atomic mass is 10.1. The molecule has 27 heavy (non-hydrogen) atoms. The number of aryl methyl sites for hydroxylation is 2. The Morgan fingerprint density at radius 1 is 1.19 bits per heavy atom. The van der Waals surface area contributed by atoms with Crippen molar-refractivity contribution >= 4 is 23.0 Å². The summed E-state index contributed by atoms with van der Waals surface area (Å²) >= 11 is 1.61. The molecule has 0 saturated heterocycles. The minimum absolute atomic E-state index is 0.626. The van der Waals surface area contributed by atoms with Gasteiger partial charge < -0.3 is 9.47 Å². The molecule has 4 rings (SSSR count). The van der Waals surface area contributed by atoms with Gasteiger partial charge in [-0.05, 0) is 32.3 Å². The smallest absolute Gasteiger partial charge is 0.177 e. The van der Waals surface area contributed by atoms with E-state index >= 15 is 0 Å². The fourth-order valence-corrected chi connectivity index (χ4v) is 4.76. The molecule has 1 aromatic carbocycles. The second kappa shape index (κ2) is 7.61. The van der Waals surface area contributed by atoms with Crippen LogP contribution in [0.2, 0.25) is 0 Å². The van der Waals surface area contributed by atoms with E-state index in [-0.39, 0.29) is 0 Å². The first-order chi connectivity index (χ1) is 13.2. The molecule has 0 radical (unpaired) electrons. The lowest BCUT2D eigenvalue weighted by molar-refractivity contribution is 0.556. The summed E-state index contributed by atoms with van der Waals surface area (Å²) in [6.45, 7) is 5.90. The van der Waals surface area contributed by atoms with Gasteiger partial charge in [-0.1, -0.05) is 48.0 Å². The largest absolute Gasteiger partial charge is 0.334 e. The van der Waals surface area contributed by atoms with Crippen LogP contribution in [0.25, 0.3) is 11.3 Å². The van der Waals surface area contributed by atoms with Crippen LogP contribution in [0.1, 0.15) is 49.0 Å². The Kier molecular flexibility index (Phi) is 5.04. The Labute approximate surface area is 164 Å². The molecule has 0 atom stereocenters. The first-order valence-electron chi connectivity index (χ1n) is 9.51. The second-order valence-corrected chi connectivity index (χ2v) is 7.78. The molecule has 2 aliphatic rings. The Hall–Kier alpha value is -2.52. The van der Waals surface area contributed by atoms with Gasteiger partial charge in [0.05, 0.1) is 5.70 Å². The Morgan fingerprint density at radius 2 is 2.00 bits per heavy atom. The second-order valence-electron chi connectivity index (χ2n) is 6.93. The van der Waals surface area contributed by atoms with Crippen molar-refractivity contribution in [3.63, 3.8) is 0 Å². The van der Waals surface area contributed by atoms with Crippen molar-refractivity contribution in [3.05, 3.63) is 57.5 Å². The lowest BCUT2D eigenvalue weighted by Crippen LogP contribution is -2.18. The summed E-state index contributed by atoms with van der Waals surface area (Å²) < 4.78 is 2.15. The molecule has 0 unspecified atom stereocenters. The molecule has 0 fully saturated rings. The summed E-state index contributed by atoms with van der Waals surface area (Å²) in [4.78, 5) is 2.21. The van der Waals surface area contributed by atoms with Gasteiger partial charge in [-0.2, -0.15) is 5.26 Å². The number of thioether (sulfide) groups is 1. The summed E-state index contributed by atoms with van der Waals surface area (Å²) in [7, 11) is 0. The van der Waals surface area contributed by atoms with Crippen molar-refractivity contribution in [3.8, 4) is 6.07 Å². The molecule has 0 saturated carbocycles. The predicted octanol–water partition coefficient (Wildman–Crippen LogP) is 4.57. The lowest BCUT2D eigenvalue weighted by Gasteiger charge is -2.23. The molecule has 138 valence electrons. The molecular formula is C21H23N5S. The Morgan fingerprint density at radius 3 is 2.74 bits per heavy atom. The van der Waals surface area contributed by atoms with Crippen molar-refractivity contribution < 1.29 is 0 Å². The summed E-state index contributed by atoms with van der Waals surface area (Å²) in [6.07, 6.45) is 4.41. The maximum absolute atomic E-state index is 9.98. The zero-order chi connectivity index (χ0) is 18.8. The number of aromatic nitrogens is 3. The first-order valence-corrected chi connectivity index (χ1v) is 10.4. The average Bonchev–Trinajstić information content (AvgIpc) is 3.20. The normalized spacial score (nSPS) is 18.6. The van der Waals surface area contributed by atoms with E-state index < -0.39 is 0 Å². The van der Waals surface area contributed by atoms with Gasteiger partial charge in [0.1, 0.15) is 22.5 Å². The standard InChI is InChI=1S/C21H23N5S/c1-3-25-18(16-10-8-15(2)9-11-16)14-27-21(25)17(13-22)20-24-23-19-7-5-4-6-12-26(19)20/h8-11,14H,3-7,12H2,1-2H3/b21-17-. The van der Waals surface area contributed by atoms with E-state index in [1.165, 1.54) is 17.5 Å². The van der Waals surface area contributed by atoms with Gasteiger partial charge in [-0.25, -0.2) is 0 Å². The van der Waals surface area contributed by atoms with E-state index in [2.05, 4.69) is 69.3 Å². The van der Waals surface area contributed by atoms with Gasteiger partial charge in [0.15, 0.2) is 5.82 Å². The molecule has 5 nitrogen and oxygen atoms in total. The van der Waals surface area contributed by atoms with Gasteiger partial charge in [0.25, 0.3) is 0 Å². The van der Waals surface area contributed by atoms with E-state index in [1.807, 2.05) is 0 Å². The number of fused-ring (bicyclic) bond motifs is 1. The summed E-state index contributed by atoms with van der Waals surface area (Å²) in [6, 6.07) is 11.0. The molecule has 2 aromatic rings. The zero-order valence-corrected chi connectivity index (χ0v) is 16.6. The summed E-state index contributed by atoms with van der Waals surface area (Å²) in [5.74, 6) is 1.72. The number of hydrogen-bond donors (Lipinski definition) is 0. The van der Waals surface area contributed by atoms with Gasteiger partial charge >= 0.3 is 0 Å². The van der Waals surface area contributed by atoms with Crippen LogP contribution in [0.3, 0.4) is 0 Å². The van der Waals surface area contributed by atoms with Crippen LogP contribution < -0.4 is 0 Å². The summed E-state index contributed by atoms with van der Waals surface area (Å²) in [5, 5.41) is 21.9. The molecular weight excluding hydrogens is 354 g/mol. The van der Waals surface area contributed by atoms with Crippen molar-refractivity contribution in [1.29, 1.82) is 5.26 Å². The SMILES string of the molecule is CCN1C(c2ccc(C)cc2)=CS/C1=C(/C#N)c1nnc2n1CCCCC2. The highest BCUT2D eigenvalue weighted by Crippen LogP contribution is 2.43. The van der Waals surface area contributed by atoms with Crippen LogP contribution in [0, 0.1) is 18.3 Å². The topological polar surface area (TPSA) is 57.7 Å². The highest BCUT2D eigenvalue weighted by molar-refractivity contribution is 8.06. The van der Waals surface area contributed by atoms with Crippen molar-refractivity contribution in [2.24, 2.45) is 0 Å². The van der Waals surface area contributed by atoms with E-state index in [9.17, 15) is 5.26 Å². The van der Waals surface area contributed by atoms with Crippen molar-refractivity contribution in [2.45, 2.75) is 46.1 Å². The number of allylic oxidation sites excluding steroid dienone is 1. The minimum atomic E-state index is 0.626. The van der Waals surface area contributed by atoms with E-state index in [0.29, 0.717) is 11.4 Å². The van der Waals surface area contributed by atoms with Crippen LogP contribution >= 0.6 is 11.8 Å². The highest BCUT2D eigenvalue weighted by Gasteiger charge is 2.28. The van der Waals surface area contributed by atoms with Crippen LogP contribution in [-0.4, -0.2) is 26.2 Å². The number of hydrogen-bond acceptors (Lipinski definition) is 5. The highest BCUT2D eigenvalue weighted by atomic mass is 32.2. The molecule has 0 N–H and O–H groups in total. The van der Waals surface area contributed by atoms with Gasteiger partial charge in [0, 0.05) is 24.9 Å². The molecule has 6 heteroatoms. The van der Waals surface area contributed by atoms with E-state index in [0.717, 1.165) is 48.9 Å². The number of nitrogens with zero attached hydrogens (tertiary/aromatic N) is 5. The van der Waals surface area contributed by atoms with E-state index in [4.69, 9.17) is 0 Å². The number of rotatable bonds is 3. The van der Waals surface area contributed by atoms with Crippen LogP contribution in [0.15, 0.2) is 34.7 Å². The van der Waals surface area contributed by atoms with Crippen LogP contribution in [-0.2, 0) is 13.0 Å². The Bertz CT molecular complexity index is 946. The van der Waals surface area contributed by atoms with Gasteiger partial charge in [-0.15, -0.1) is 10.2 Å². The molecule has 0 amide bonds. The van der Waals surface area contributed by atoms with Gasteiger partial charge in [0.2, 0.25) is 0 Å². The third-order valence-electron chi connectivity index (χ3n) is 5.14. The van der Waals surface area contributed by atoms with Crippen molar-refractivity contribution in [2.75, 3.05) is 6.54 Å². The maximum Gasteiger partial charge on any atom is 0.177 e. The first kappa shape index (κ1) is 17.9. The molecule has 0 spiro atoms. The van der Waals surface area contributed by atoms with Gasteiger partial charge in [-0.3, -0.25) is 0 Å². The van der Waals surface area contributed by atoms with Crippen LogP contribution in [0.4, 0.5) is 0 Å². The molecule has 0 aliphatic carbocycles. The average molecular weight is 378 g/mol. The quantitative estimate of drug-likeness (QED) is 0.733. The summed E-state index contributed by atoms with van der Waals surface area (Å²) in [5.41, 5.74) is 4.18.